The zero-order valence-corrected chi connectivity index (χ0v) is 10.2. The Morgan fingerprint density at radius 2 is 2.13 bits per heavy atom. The van der Waals surface area contributed by atoms with Crippen molar-refractivity contribution in [3.05, 3.63) is 0 Å². The topological polar surface area (TPSA) is 21.3 Å². The van der Waals surface area contributed by atoms with Gasteiger partial charge in [0.05, 0.1) is 0 Å². The van der Waals surface area contributed by atoms with Gasteiger partial charge in [-0.2, -0.15) is 0 Å². The molecule has 0 aromatic heterocycles. The summed E-state index contributed by atoms with van der Waals surface area (Å²) in [6.07, 6.45) is 10.7. The summed E-state index contributed by atoms with van der Waals surface area (Å²) in [4.78, 5) is 0. The Kier molecular flexibility index (Phi) is 11.2. The largest absolute Gasteiger partial charge is 0.382 e. The van der Waals surface area contributed by atoms with E-state index in [2.05, 4.69) is 18.2 Å². The normalized spacial score (nSPS) is 12.3. The molecule has 1 atom stereocenters. The summed E-state index contributed by atoms with van der Waals surface area (Å²) >= 11 is 0. The first kappa shape index (κ1) is 14.5. The molecule has 0 saturated carbocycles. The smallest absolute Gasteiger partial charge is 0.0466 e. The van der Waals surface area contributed by atoms with E-state index in [1.54, 1.807) is 0 Å². The zero-order chi connectivity index (χ0) is 11.4. The van der Waals surface area contributed by atoms with Crippen molar-refractivity contribution in [2.45, 2.75) is 52.0 Å². The molecule has 0 aromatic rings. The third-order valence-corrected chi connectivity index (χ3v) is 2.37. The first-order chi connectivity index (χ1) is 7.35. The molecule has 15 heavy (non-hydrogen) atoms. The van der Waals surface area contributed by atoms with Crippen LogP contribution in [-0.4, -0.2) is 25.8 Å². The number of terminal acetylenes is 1. The Hall–Kier alpha value is -0.520. The van der Waals surface area contributed by atoms with E-state index in [1.165, 1.54) is 12.8 Å². The van der Waals surface area contributed by atoms with Crippen LogP contribution in [0.3, 0.4) is 0 Å². The molecule has 1 N–H and O–H groups in total. The van der Waals surface area contributed by atoms with Gasteiger partial charge in [-0.25, -0.2) is 0 Å². The molecule has 0 aromatic carbocycles. The molecule has 0 bridgehead atoms. The van der Waals surface area contributed by atoms with Crippen molar-refractivity contribution in [2.75, 3.05) is 19.8 Å². The van der Waals surface area contributed by atoms with Crippen molar-refractivity contribution in [1.82, 2.24) is 5.32 Å². The molecule has 0 rings (SSSR count). The van der Waals surface area contributed by atoms with Gasteiger partial charge < -0.3 is 10.1 Å². The maximum atomic E-state index is 5.32. The zero-order valence-electron chi connectivity index (χ0n) is 10.2. The molecule has 2 nitrogen and oxygen atoms in total. The minimum Gasteiger partial charge on any atom is -0.382 e. The van der Waals surface area contributed by atoms with E-state index in [0.717, 1.165) is 39.0 Å². The lowest BCUT2D eigenvalue weighted by Gasteiger charge is -2.17. The van der Waals surface area contributed by atoms with Crippen LogP contribution in [0.1, 0.15) is 46.0 Å². The van der Waals surface area contributed by atoms with Crippen LogP contribution in [0.15, 0.2) is 0 Å². The lowest BCUT2D eigenvalue weighted by atomic mass is 10.1. The highest BCUT2D eigenvalue weighted by molar-refractivity contribution is 4.85. The highest BCUT2D eigenvalue weighted by Crippen LogP contribution is 2.05. The fraction of sp³-hybridized carbons (Fsp3) is 0.846. The Morgan fingerprint density at radius 1 is 1.33 bits per heavy atom. The molecule has 0 saturated heterocycles. The summed E-state index contributed by atoms with van der Waals surface area (Å²) in [6.45, 7) is 6.99. The van der Waals surface area contributed by atoms with Gasteiger partial charge in [-0.3, -0.25) is 0 Å². The maximum absolute atomic E-state index is 5.32. The van der Waals surface area contributed by atoms with Crippen LogP contribution in [0.5, 0.6) is 0 Å². The molecule has 2 heteroatoms. The molecule has 0 amide bonds. The average Bonchev–Trinajstić information content (AvgIpc) is 2.27. The average molecular weight is 211 g/mol. The lowest BCUT2D eigenvalue weighted by Crippen LogP contribution is -2.30. The van der Waals surface area contributed by atoms with Gasteiger partial charge in [0.25, 0.3) is 0 Å². The molecule has 0 aliphatic rings. The SMILES string of the molecule is C#CCCC(CCCOCC)NCCC. The van der Waals surface area contributed by atoms with E-state index in [4.69, 9.17) is 11.2 Å². The standard InChI is InChI=1S/C13H25NO/c1-4-7-9-13(14-11-5-2)10-8-12-15-6-3/h1,13-14H,5-12H2,2-3H3. The van der Waals surface area contributed by atoms with Gasteiger partial charge in [-0.15, -0.1) is 12.3 Å². The first-order valence-electron chi connectivity index (χ1n) is 6.09. The first-order valence-corrected chi connectivity index (χ1v) is 6.09. The molecule has 0 fully saturated rings. The van der Waals surface area contributed by atoms with Gasteiger partial charge in [0, 0.05) is 25.7 Å². The third kappa shape index (κ3) is 9.78. The summed E-state index contributed by atoms with van der Waals surface area (Å²) in [6, 6.07) is 0.571. The van der Waals surface area contributed by atoms with Gasteiger partial charge in [0.15, 0.2) is 0 Å². The quantitative estimate of drug-likeness (QED) is 0.443. The summed E-state index contributed by atoms with van der Waals surface area (Å²) < 4.78 is 5.32. The molecule has 1 unspecified atom stereocenters. The second kappa shape index (κ2) is 11.6. The number of ether oxygens (including phenoxy) is 1. The molecule has 0 spiro atoms. The summed E-state index contributed by atoms with van der Waals surface area (Å²) in [5.74, 6) is 2.70. The minimum absolute atomic E-state index is 0.571. The van der Waals surface area contributed by atoms with Gasteiger partial charge in [-0.05, 0) is 39.2 Å². The van der Waals surface area contributed by atoms with Crippen molar-refractivity contribution in [2.24, 2.45) is 0 Å². The Bertz CT molecular complexity index is 162. The van der Waals surface area contributed by atoms with Gasteiger partial charge in [0.1, 0.15) is 0 Å². The van der Waals surface area contributed by atoms with E-state index >= 15 is 0 Å². The van der Waals surface area contributed by atoms with Gasteiger partial charge in [0.2, 0.25) is 0 Å². The number of rotatable bonds is 10. The molecular formula is C13H25NO. The maximum Gasteiger partial charge on any atom is 0.0466 e. The van der Waals surface area contributed by atoms with Crippen molar-refractivity contribution in [3.8, 4) is 12.3 Å². The van der Waals surface area contributed by atoms with Crippen molar-refractivity contribution < 1.29 is 4.74 Å². The Morgan fingerprint density at radius 3 is 2.73 bits per heavy atom. The van der Waals surface area contributed by atoms with Crippen LogP contribution in [0.4, 0.5) is 0 Å². The highest BCUT2D eigenvalue weighted by Gasteiger charge is 2.05. The van der Waals surface area contributed by atoms with E-state index in [9.17, 15) is 0 Å². The second-order valence-electron chi connectivity index (χ2n) is 3.73. The van der Waals surface area contributed by atoms with E-state index in [0.29, 0.717) is 6.04 Å². The molecule has 0 aliphatic carbocycles. The fourth-order valence-electron chi connectivity index (χ4n) is 1.53. The number of hydrogen-bond acceptors (Lipinski definition) is 2. The Balaban J connectivity index is 3.55. The van der Waals surface area contributed by atoms with Crippen LogP contribution in [-0.2, 0) is 4.74 Å². The molecular weight excluding hydrogens is 186 g/mol. The highest BCUT2D eigenvalue weighted by atomic mass is 16.5. The van der Waals surface area contributed by atoms with E-state index in [1.807, 2.05) is 6.92 Å². The van der Waals surface area contributed by atoms with E-state index < -0.39 is 0 Å². The van der Waals surface area contributed by atoms with E-state index in [-0.39, 0.29) is 0 Å². The van der Waals surface area contributed by atoms with Crippen molar-refractivity contribution in [1.29, 1.82) is 0 Å². The summed E-state index contributed by atoms with van der Waals surface area (Å²) in [5, 5.41) is 3.53. The predicted molar refractivity (Wildman–Crippen MR) is 65.9 cm³/mol. The van der Waals surface area contributed by atoms with Crippen molar-refractivity contribution in [3.63, 3.8) is 0 Å². The number of hydrogen-bond donors (Lipinski definition) is 1. The lowest BCUT2D eigenvalue weighted by molar-refractivity contribution is 0.140. The van der Waals surface area contributed by atoms with Crippen LogP contribution in [0.2, 0.25) is 0 Å². The molecule has 0 radical (unpaired) electrons. The monoisotopic (exact) mass is 211 g/mol. The summed E-state index contributed by atoms with van der Waals surface area (Å²) in [5.41, 5.74) is 0. The second-order valence-corrected chi connectivity index (χ2v) is 3.73. The third-order valence-electron chi connectivity index (χ3n) is 2.37. The molecule has 88 valence electrons. The fourth-order valence-corrected chi connectivity index (χ4v) is 1.53. The van der Waals surface area contributed by atoms with Crippen molar-refractivity contribution >= 4 is 0 Å². The van der Waals surface area contributed by atoms with Gasteiger partial charge in [-0.1, -0.05) is 6.92 Å². The van der Waals surface area contributed by atoms with Crippen LogP contribution < -0.4 is 5.32 Å². The predicted octanol–water partition coefficient (Wildman–Crippen LogP) is 2.58. The minimum atomic E-state index is 0.571. The van der Waals surface area contributed by atoms with Crippen LogP contribution in [0.25, 0.3) is 0 Å². The molecule has 0 heterocycles. The molecule has 0 aliphatic heterocycles. The number of nitrogens with one attached hydrogen (secondary N) is 1. The van der Waals surface area contributed by atoms with Crippen LogP contribution >= 0.6 is 0 Å². The summed E-state index contributed by atoms with van der Waals surface area (Å²) in [7, 11) is 0. The van der Waals surface area contributed by atoms with Crippen LogP contribution in [0, 0.1) is 12.3 Å². The Labute approximate surface area is 94.8 Å². The van der Waals surface area contributed by atoms with Gasteiger partial charge >= 0.3 is 0 Å².